The Hall–Kier alpha value is -2.51. The van der Waals surface area contributed by atoms with Crippen molar-refractivity contribution in [2.75, 3.05) is 12.0 Å². The fourth-order valence-corrected chi connectivity index (χ4v) is 2.89. The average Bonchev–Trinajstić information content (AvgIpc) is 2.60. The van der Waals surface area contributed by atoms with E-state index in [-0.39, 0.29) is 10.7 Å². The second-order valence-electron chi connectivity index (χ2n) is 5.21. The number of benzene rings is 2. The Labute approximate surface area is 158 Å². The van der Waals surface area contributed by atoms with Crippen LogP contribution in [-0.4, -0.2) is 24.0 Å². The van der Waals surface area contributed by atoms with Gasteiger partial charge in [-0.25, -0.2) is 0 Å². The number of anilines is 1. The number of amides is 2. The van der Waals surface area contributed by atoms with Crippen LogP contribution < -0.4 is 15.0 Å². The van der Waals surface area contributed by atoms with Crippen molar-refractivity contribution in [2.45, 2.75) is 0 Å². The number of hydrogen-bond donors (Lipinski definition) is 1. The van der Waals surface area contributed by atoms with Crippen LogP contribution in [0.5, 0.6) is 5.75 Å². The maximum absolute atomic E-state index is 12.8. The van der Waals surface area contributed by atoms with Crippen LogP contribution in [0.25, 0.3) is 6.08 Å². The van der Waals surface area contributed by atoms with Crippen LogP contribution in [-0.2, 0) is 9.59 Å². The molecule has 0 unspecified atom stereocenters. The van der Waals surface area contributed by atoms with Crippen molar-refractivity contribution in [1.82, 2.24) is 5.32 Å². The normalized spacial score (nSPS) is 16.2. The van der Waals surface area contributed by atoms with E-state index in [9.17, 15) is 9.59 Å². The summed E-state index contributed by atoms with van der Waals surface area (Å²) in [6, 6.07) is 14.1. The molecule has 1 heterocycles. The lowest BCUT2D eigenvalue weighted by molar-refractivity contribution is -0.122. The van der Waals surface area contributed by atoms with Crippen LogP contribution in [0.15, 0.2) is 58.6 Å². The second-order valence-corrected chi connectivity index (χ2v) is 6.51. The first-order chi connectivity index (χ1) is 12.0. The zero-order valence-electron chi connectivity index (χ0n) is 13.2. The van der Waals surface area contributed by atoms with Crippen LogP contribution in [0.4, 0.5) is 5.69 Å². The predicted molar refractivity (Wildman–Crippen MR) is 103 cm³/mol. The molecule has 0 saturated carbocycles. The third kappa shape index (κ3) is 3.62. The summed E-state index contributed by atoms with van der Waals surface area (Å²) in [5.74, 6) is -0.321. The van der Waals surface area contributed by atoms with Crippen molar-refractivity contribution in [3.05, 3.63) is 64.1 Å². The molecule has 1 aliphatic heterocycles. The van der Waals surface area contributed by atoms with Gasteiger partial charge in [0.25, 0.3) is 11.8 Å². The smallest absolute Gasteiger partial charge is 0.270 e. The highest BCUT2D eigenvalue weighted by Crippen LogP contribution is 2.24. The minimum Gasteiger partial charge on any atom is -0.497 e. The lowest BCUT2D eigenvalue weighted by atomic mass is 10.1. The van der Waals surface area contributed by atoms with Crippen molar-refractivity contribution in [3.63, 3.8) is 0 Å². The Balaban J connectivity index is 1.97. The molecule has 1 fully saturated rings. The van der Waals surface area contributed by atoms with Crippen LogP contribution in [0.3, 0.4) is 0 Å². The average molecular weight is 417 g/mol. The Morgan fingerprint density at radius 1 is 1.08 bits per heavy atom. The molecule has 0 spiro atoms. The molecule has 2 aromatic rings. The molecule has 1 N–H and O–H groups in total. The second kappa shape index (κ2) is 7.16. The molecule has 0 bridgehead atoms. The van der Waals surface area contributed by atoms with Crippen molar-refractivity contribution in [3.8, 4) is 5.75 Å². The van der Waals surface area contributed by atoms with Gasteiger partial charge in [0.1, 0.15) is 11.3 Å². The lowest BCUT2D eigenvalue weighted by Crippen LogP contribution is -2.54. The number of carbonyl (C=O) groups is 2. The van der Waals surface area contributed by atoms with Gasteiger partial charge in [-0.05, 0) is 60.3 Å². The number of rotatable bonds is 3. The van der Waals surface area contributed by atoms with Crippen molar-refractivity contribution >= 4 is 56.8 Å². The van der Waals surface area contributed by atoms with E-state index in [0.717, 1.165) is 10.0 Å². The lowest BCUT2D eigenvalue weighted by Gasteiger charge is -2.29. The molecule has 2 aromatic carbocycles. The van der Waals surface area contributed by atoms with Gasteiger partial charge in [-0.3, -0.25) is 19.8 Å². The van der Waals surface area contributed by atoms with E-state index in [4.69, 9.17) is 17.0 Å². The van der Waals surface area contributed by atoms with Gasteiger partial charge in [0.05, 0.1) is 12.8 Å². The SMILES string of the molecule is COc1ccc(N2C(=O)/C(=C\c3ccc(Br)cc3)C(=O)NC2=S)cc1. The van der Waals surface area contributed by atoms with E-state index in [2.05, 4.69) is 21.2 Å². The third-order valence-corrected chi connectivity index (χ3v) is 4.43. The molecule has 2 amide bonds. The maximum Gasteiger partial charge on any atom is 0.270 e. The molecule has 1 saturated heterocycles. The van der Waals surface area contributed by atoms with Crippen LogP contribution in [0, 0.1) is 0 Å². The summed E-state index contributed by atoms with van der Waals surface area (Å²) in [6.45, 7) is 0. The Morgan fingerprint density at radius 3 is 2.32 bits per heavy atom. The minimum atomic E-state index is -0.511. The largest absolute Gasteiger partial charge is 0.497 e. The zero-order chi connectivity index (χ0) is 18.0. The molecule has 0 aromatic heterocycles. The molecular formula is C18H13BrN2O3S. The van der Waals surface area contributed by atoms with E-state index < -0.39 is 11.8 Å². The summed E-state index contributed by atoms with van der Waals surface area (Å²) in [5, 5.41) is 2.61. The molecule has 7 heteroatoms. The fourth-order valence-electron chi connectivity index (χ4n) is 2.35. The number of thiocarbonyl (C=S) groups is 1. The van der Waals surface area contributed by atoms with Gasteiger partial charge in [-0.1, -0.05) is 28.1 Å². The van der Waals surface area contributed by atoms with Gasteiger partial charge in [0, 0.05) is 4.47 Å². The molecule has 3 rings (SSSR count). The highest BCUT2D eigenvalue weighted by atomic mass is 79.9. The minimum absolute atomic E-state index is 0.0201. The predicted octanol–water partition coefficient (Wildman–Crippen LogP) is 3.29. The van der Waals surface area contributed by atoms with E-state index in [1.54, 1.807) is 37.5 Å². The molecule has 0 atom stereocenters. The van der Waals surface area contributed by atoms with Gasteiger partial charge in [-0.15, -0.1) is 0 Å². The van der Waals surface area contributed by atoms with Gasteiger partial charge in [0.15, 0.2) is 5.11 Å². The van der Waals surface area contributed by atoms with Crippen molar-refractivity contribution in [2.24, 2.45) is 0 Å². The van der Waals surface area contributed by atoms with Gasteiger partial charge < -0.3 is 4.74 Å². The first kappa shape index (κ1) is 17.3. The summed E-state index contributed by atoms with van der Waals surface area (Å²) in [4.78, 5) is 26.4. The highest BCUT2D eigenvalue weighted by molar-refractivity contribution is 9.10. The molecule has 0 radical (unpaired) electrons. The first-order valence-corrected chi connectivity index (χ1v) is 8.51. The van der Waals surface area contributed by atoms with Crippen molar-refractivity contribution < 1.29 is 14.3 Å². The van der Waals surface area contributed by atoms with E-state index in [1.165, 1.54) is 4.90 Å². The summed E-state index contributed by atoms with van der Waals surface area (Å²) in [7, 11) is 1.56. The Bertz CT molecular complexity index is 876. The van der Waals surface area contributed by atoms with Crippen LogP contribution in [0.2, 0.25) is 0 Å². The zero-order valence-corrected chi connectivity index (χ0v) is 15.6. The maximum atomic E-state index is 12.8. The number of nitrogens with one attached hydrogen (secondary N) is 1. The molecule has 25 heavy (non-hydrogen) atoms. The van der Waals surface area contributed by atoms with Crippen LogP contribution >= 0.6 is 28.1 Å². The summed E-state index contributed by atoms with van der Waals surface area (Å²) < 4.78 is 6.03. The Morgan fingerprint density at radius 2 is 1.72 bits per heavy atom. The molecule has 126 valence electrons. The molecule has 1 aliphatic rings. The fraction of sp³-hybridized carbons (Fsp3) is 0.0556. The van der Waals surface area contributed by atoms with E-state index >= 15 is 0 Å². The summed E-state index contributed by atoms with van der Waals surface area (Å²) in [5.41, 5.74) is 1.31. The quantitative estimate of drug-likeness (QED) is 0.473. The first-order valence-electron chi connectivity index (χ1n) is 7.30. The number of ether oxygens (including phenoxy) is 1. The standard InChI is InChI=1S/C18H13BrN2O3S/c1-24-14-8-6-13(7-9-14)21-17(23)15(16(22)20-18(21)25)10-11-2-4-12(19)5-3-11/h2-10H,1H3,(H,20,22,25)/b15-10-. The number of halogens is 1. The van der Waals surface area contributed by atoms with Gasteiger partial charge >= 0.3 is 0 Å². The van der Waals surface area contributed by atoms with Crippen molar-refractivity contribution in [1.29, 1.82) is 0 Å². The Kier molecular flexibility index (Phi) is 4.96. The number of methoxy groups -OCH3 is 1. The van der Waals surface area contributed by atoms with Gasteiger partial charge in [-0.2, -0.15) is 0 Å². The number of nitrogens with zero attached hydrogens (tertiary/aromatic N) is 1. The summed E-state index contributed by atoms with van der Waals surface area (Å²) >= 11 is 8.52. The third-order valence-electron chi connectivity index (χ3n) is 3.61. The van der Waals surface area contributed by atoms with Crippen LogP contribution in [0.1, 0.15) is 5.56 Å². The monoisotopic (exact) mass is 416 g/mol. The number of carbonyl (C=O) groups excluding carboxylic acids is 2. The van der Waals surface area contributed by atoms with E-state index in [1.807, 2.05) is 24.3 Å². The van der Waals surface area contributed by atoms with Gasteiger partial charge in [0.2, 0.25) is 0 Å². The summed E-state index contributed by atoms with van der Waals surface area (Å²) in [6.07, 6.45) is 1.54. The molecule has 5 nitrogen and oxygen atoms in total. The molecule has 0 aliphatic carbocycles. The number of hydrogen-bond acceptors (Lipinski definition) is 4. The van der Waals surface area contributed by atoms with E-state index in [0.29, 0.717) is 11.4 Å². The molecular weight excluding hydrogens is 404 g/mol. The highest BCUT2D eigenvalue weighted by Gasteiger charge is 2.34. The topological polar surface area (TPSA) is 58.6 Å².